The number of aryl methyl sites for hydroxylation is 1. The number of benzene rings is 1. The van der Waals surface area contributed by atoms with Gasteiger partial charge in [-0.25, -0.2) is 0 Å². The Morgan fingerprint density at radius 3 is 2.72 bits per heavy atom. The number of nitrogens with zero attached hydrogens (tertiary/aromatic N) is 1. The molecule has 5 heteroatoms. The fourth-order valence-corrected chi connectivity index (χ4v) is 3.72. The highest BCUT2D eigenvalue weighted by atomic mass is 16.6. The molecule has 1 aromatic rings. The normalized spacial score (nSPS) is 19.8. The van der Waals surface area contributed by atoms with E-state index in [9.17, 15) is 4.79 Å². The average Bonchev–Trinajstić information content (AvgIpc) is 2.90. The third kappa shape index (κ3) is 4.97. The van der Waals surface area contributed by atoms with Crippen LogP contribution in [-0.2, 0) is 16.1 Å². The average molecular weight is 344 g/mol. The van der Waals surface area contributed by atoms with Crippen LogP contribution in [0.15, 0.2) is 23.4 Å². The highest BCUT2D eigenvalue weighted by molar-refractivity contribution is 6.02. The van der Waals surface area contributed by atoms with E-state index in [0.29, 0.717) is 6.04 Å². The maximum Gasteiger partial charge on any atom is 0.260 e. The third-order valence-electron chi connectivity index (χ3n) is 5.07. The fourth-order valence-electron chi connectivity index (χ4n) is 3.72. The summed E-state index contributed by atoms with van der Waals surface area (Å²) in [6, 6.07) is 6.33. The Balaban J connectivity index is 1.53. The molecule has 0 unspecified atom stereocenters. The number of rotatable bonds is 5. The topological polar surface area (TPSA) is 59.9 Å². The van der Waals surface area contributed by atoms with Crippen molar-refractivity contribution in [1.29, 1.82) is 0 Å². The van der Waals surface area contributed by atoms with Crippen molar-refractivity contribution in [3.8, 4) is 5.75 Å². The van der Waals surface area contributed by atoms with Crippen LogP contribution in [0.25, 0.3) is 0 Å². The van der Waals surface area contributed by atoms with Gasteiger partial charge in [0.1, 0.15) is 5.75 Å². The molecule has 0 spiro atoms. The molecule has 1 saturated carbocycles. The van der Waals surface area contributed by atoms with E-state index in [1.54, 1.807) is 7.11 Å². The van der Waals surface area contributed by atoms with Gasteiger partial charge in [-0.2, -0.15) is 0 Å². The second-order valence-electron chi connectivity index (χ2n) is 6.94. The van der Waals surface area contributed by atoms with Crippen LogP contribution in [0.1, 0.15) is 62.5 Å². The number of nitrogens with one attached hydrogen (secondary N) is 1. The van der Waals surface area contributed by atoms with Crippen LogP contribution in [-0.4, -0.2) is 31.4 Å². The van der Waals surface area contributed by atoms with Gasteiger partial charge < -0.3 is 14.9 Å². The Hall–Kier alpha value is -2.04. The van der Waals surface area contributed by atoms with Crippen LogP contribution in [0.4, 0.5) is 0 Å². The number of hydrogen-bond donors (Lipinski definition) is 1. The van der Waals surface area contributed by atoms with Crippen molar-refractivity contribution in [3.63, 3.8) is 0 Å². The largest absolute Gasteiger partial charge is 0.497 e. The summed E-state index contributed by atoms with van der Waals surface area (Å²) in [5.74, 6) is 0.797. The number of ether oxygens (including phenoxy) is 1. The number of hydrogen-bond acceptors (Lipinski definition) is 4. The van der Waals surface area contributed by atoms with Crippen molar-refractivity contribution in [2.24, 2.45) is 5.16 Å². The molecular formula is C20H28N2O3. The molecule has 0 radical (unpaired) electrons. The number of methoxy groups -OCH3 is 1. The molecule has 1 aromatic carbocycles. The molecule has 1 N–H and O–H groups in total. The van der Waals surface area contributed by atoms with Crippen molar-refractivity contribution in [3.05, 3.63) is 29.3 Å². The maximum absolute atomic E-state index is 12.1. The summed E-state index contributed by atoms with van der Waals surface area (Å²) in [5, 5.41) is 7.33. The molecule has 0 saturated heterocycles. The molecule has 0 heterocycles. The minimum Gasteiger partial charge on any atom is -0.497 e. The van der Waals surface area contributed by atoms with Crippen molar-refractivity contribution in [2.75, 3.05) is 13.7 Å². The first-order valence-corrected chi connectivity index (χ1v) is 9.42. The predicted octanol–water partition coefficient (Wildman–Crippen LogP) is 3.59. The SMILES string of the molecule is COc1ccc2c(c1)CCC/C2=N/OCC(=O)NC1CCCCCC1. The molecule has 3 rings (SSSR count). The van der Waals surface area contributed by atoms with Gasteiger partial charge in [-0.1, -0.05) is 30.8 Å². The smallest absolute Gasteiger partial charge is 0.260 e. The van der Waals surface area contributed by atoms with Gasteiger partial charge in [-0.05, 0) is 55.9 Å². The Labute approximate surface area is 149 Å². The van der Waals surface area contributed by atoms with Crippen molar-refractivity contribution in [1.82, 2.24) is 5.32 Å². The second kappa shape index (κ2) is 8.88. The van der Waals surface area contributed by atoms with Crippen LogP contribution in [0, 0.1) is 0 Å². The van der Waals surface area contributed by atoms with Gasteiger partial charge in [-0.15, -0.1) is 0 Å². The molecule has 1 amide bonds. The molecule has 25 heavy (non-hydrogen) atoms. The van der Waals surface area contributed by atoms with Gasteiger partial charge in [0.05, 0.1) is 12.8 Å². The Kier molecular flexibility index (Phi) is 6.31. The van der Waals surface area contributed by atoms with Gasteiger partial charge in [0.15, 0.2) is 6.61 Å². The zero-order chi connectivity index (χ0) is 17.5. The minimum absolute atomic E-state index is 0.00844. The standard InChI is InChI=1S/C20H28N2O3/c1-24-17-11-12-18-15(13-17)7-6-10-19(18)22-25-14-20(23)21-16-8-4-2-3-5-9-16/h11-13,16H,2-10,14H2,1H3,(H,21,23)/b22-19-. The van der Waals surface area contributed by atoms with E-state index in [1.807, 2.05) is 12.1 Å². The molecule has 0 aromatic heterocycles. The van der Waals surface area contributed by atoms with Crippen LogP contribution in [0.3, 0.4) is 0 Å². The molecular weight excluding hydrogens is 316 g/mol. The van der Waals surface area contributed by atoms with Crippen LogP contribution in [0.2, 0.25) is 0 Å². The first-order valence-electron chi connectivity index (χ1n) is 9.42. The summed E-state index contributed by atoms with van der Waals surface area (Å²) in [5.41, 5.74) is 3.26. The van der Waals surface area contributed by atoms with Crippen molar-refractivity contribution >= 4 is 11.6 Å². The van der Waals surface area contributed by atoms with Gasteiger partial charge in [0.2, 0.25) is 0 Å². The van der Waals surface area contributed by atoms with E-state index >= 15 is 0 Å². The molecule has 0 bridgehead atoms. The Morgan fingerprint density at radius 1 is 1.16 bits per heavy atom. The number of amides is 1. The van der Waals surface area contributed by atoms with Gasteiger partial charge in [-0.3, -0.25) is 4.79 Å². The summed E-state index contributed by atoms with van der Waals surface area (Å²) in [4.78, 5) is 17.4. The number of fused-ring (bicyclic) bond motifs is 1. The zero-order valence-electron chi connectivity index (χ0n) is 15.1. The van der Waals surface area contributed by atoms with Crippen LogP contribution >= 0.6 is 0 Å². The first-order chi connectivity index (χ1) is 12.3. The number of carbonyl (C=O) groups is 1. The van der Waals surface area contributed by atoms with Crippen LogP contribution < -0.4 is 10.1 Å². The van der Waals surface area contributed by atoms with Gasteiger partial charge >= 0.3 is 0 Å². The highest BCUT2D eigenvalue weighted by Crippen LogP contribution is 2.26. The van der Waals surface area contributed by atoms with E-state index in [1.165, 1.54) is 31.2 Å². The van der Waals surface area contributed by atoms with E-state index in [-0.39, 0.29) is 12.5 Å². The fraction of sp³-hybridized carbons (Fsp3) is 0.600. The van der Waals surface area contributed by atoms with Crippen molar-refractivity contribution in [2.45, 2.75) is 63.8 Å². The molecule has 136 valence electrons. The van der Waals surface area contributed by atoms with E-state index in [4.69, 9.17) is 9.57 Å². The van der Waals surface area contributed by atoms with Crippen molar-refractivity contribution < 1.29 is 14.4 Å². The van der Waals surface area contributed by atoms with Gasteiger partial charge in [0.25, 0.3) is 5.91 Å². The highest BCUT2D eigenvalue weighted by Gasteiger charge is 2.18. The Bertz CT molecular complexity index is 619. The Morgan fingerprint density at radius 2 is 1.96 bits per heavy atom. The number of carbonyl (C=O) groups excluding carboxylic acids is 1. The van der Waals surface area contributed by atoms with E-state index in [2.05, 4.69) is 16.5 Å². The lowest BCUT2D eigenvalue weighted by atomic mass is 9.90. The number of oxime groups is 1. The quantitative estimate of drug-likeness (QED) is 0.656. The van der Waals surface area contributed by atoms with E-state index in [0.717, 1.165) is 49.1 Å². The molecule has 5 nitrogen and oxygen atoms in total. The second-order valence-corrected chi connectivity index (χ2v) is 6.94. The lowest BCUT2D eigenvalue weighted by molar-refractivity contribution is -0.126. The molecule has 1 fully saturated rings. The minimum atomic E-state index is -0.0676. The molecule has 2 aliphatic carbocycles. The summed E-state index contributed by atoms with van der Waals surface area (Å²) >= 11 is 0. The first kappa shape index (κ1) is 17.8. The summed E-state index contributed by atoms with van der Waals surface area (Å²) in [6.07, 6.45) is 10.1. The third-order valence-corrected chi connectivity index (χ3v) is 5.07. The van der Waals surface area contributed by atoms with Gasteiger partial charge in [0, 0.05) is 11.6 Å². The summed E-state index contributed by atoms with van der Waals surface area (Å²) in [6.45, 7) is -0.00844. The summed E-state index contributed by atoms with van der Waals surface area (Å²) < 4.78 is 5.29. The zero-order valence-corrected chi connectivity index (χ0v) is 15.1. The molecule has 2 aliphatic rings. The monoisotopic (exact) mass is 344 g/mol. The lowest BCUT2D eigenvalue weighted by Crippen LogP contribution is -2.36. The molecule has 0 atom stereocenters. The predicted molar refractivity (Wildman–Crippen MR) is 98.1 cm³/mol. The maximum atomic E-state index is 12.1. The van der Waals surface area contributed by atoms with E-state index < -0.39 is 0 Å². The molecule has 0 aliphatic heterocycles. The van der Waals surface area contributed by atoms with Crippen LogP contribution in [0.5, 0.6) is 5.75 Å². The lowest BCUT2D eigenvalue weighted by Gasteiger charge is -2.18. The summed E-state index contributed by atoms with van der Waals surface area (Å²) in [7, 11) is 1.68.